The van der Waals surface area contributed by atoms with Gasteiger partial charge in [0, 0.05) is 19.5 Å². The maximum Gasteiger partial charge on any atom is 0.258 e. The summed E-state index contributed by atoms with van der Waals surface area (Å²) in [7, 11) is 1.79. The third-order valence-corrected chi connectivity index (χ3v) is 2.66. The number of likely N-dealkylation sites (tertiary alicyclic amines) is 1. The van der Waals surface area contributed by atoms with Crippen molar-refractivity contribution in [3.05, 3.63) is 0 Å². The number of piperidine rings is 1. The average Bonchev–Trinajstić information content (AvgIpc) is 1.98. The maximum atomic E-state index is 13.2. The molecule has 1 saturated heterocycles. The molecule has 0 aromatic carbocycles. The molecule has 12 heavy (non-hydrogen) atoms. The van der Waals surface area contributed by atoms with Crippen molar-refractivity contribution in [2.75, 3.05) is 26.7 Å². The molecule has 1 heterocycles. The second-order valence-corrected chi connectivity index (χ2v) is 3.91. The molecule has 0 spiro atoms. The summed E-state index contributed by atoms with van der Waals surface area (Å²) < 4.78 is 26.5. The molecule has 0 aliphatic carbocycles. The molecule has 2 nitrogen and oxygen atoms in total. The SMILES string of the molecule is CN1CCC(F)(F)[C@](C)(CO)C1. The van der Waals surface area contributed by atoms with E-state index in [2.05, 4.69) is 0 Å². The van der Waals surface area contributed by atoms with Crippen molar-refractivity contribution in [2.24, 2.45) is 5.41 Å². The molecule has 0 aromatic heterocycles. The average molecular weight is 179 g/mol. The predicted molar refractivity (Wildman–Crippen MR) is 42.3 cm³/mol. The van der Waals surface area contributed by atoms with Gasteiger partial charge >= 0.3 is 0 Å². The Balaban J connectivity index is 2.78. The fraction of sp³-hybridized carbons (Fsp3) is 1.00. The first kappa shape index (κ1) is 9.86. The molecule has 1 N–H and O–H groups in total. The van der Waals surface area contributed by atoms with E-state index in [1.807, 2.05) is 4.90 Å². The highest BCUT2D eigenvalue weighted by atomic mass is 19.3. The van der Waals surface area contributed by atoms with Crippen molar-refractivity contribution in [2.45, 2.75) is 19.3 Å². The van der Waals surface area contributed by atoms with Crippen molar-refractivity contribution >= 4 is 0 Å². The molecule has 0 saturated carbocycles. The highest BCUT2D eigenvalue weighted by Gasteiger charge is 2.52. The fourth-order valence-corrected chi connectivity index (χ4v) is 1.59. The van der Waals surface area contributed by atoms with Gasteiger partial charge in [-0.15, -0.1) is 0 Å². The zero-order valence-electron chi connectivity index (χ0n) is 7.48. The highest BCUT2D eigenvalue weighted by Crippen LogP contribution is 2.42. The second-order valence-electron chi connectivity index (χ2n) is 3.91. The first-order chi connectivity index (χ1) is 5.41. The van der Waals surface area contributed by atoms with Crippen LogP contribution in [0.25, 0.3) is 0 Å². The Bertz CT molecular complexity index is 174. The largest absolute Gasteiger partial charge is 0.396 e. The van der Waals surface area contributed by atoms with Crippen molar-refractivity contribution < 1.29 is 13.9 Å². The van der Waals surface area contributed by atoms with Gasteiger partial charge in [0.2, 0.25) is 0 Å². The molecular formula is C8H15F2NO. The van der Waals surface area contributed by atoms with Crippen LogP contribution in [-0.4, -0.2) is 42.7 Å². The van der Waals surface area contributed by atoms with Crippen LogP contribution in [0.15, 0.2) is 0 Å². The first-order valence-corrected chi connectivity index (χ1v) is 4.08. The van der Waals surface area contributed by atoms with Gasteiger partial charge in [-0.3, -0.25) is 0 Å². The van der Waals surface area contributed by atoms with Crippen molar-refractivity contribution in [1.29, 1.82) is 0 Å². The Kier molecular flexibility index (Phi) is 2.40. The van der Waals surface area contributed by atoms with E-state index in [4.69, 9.17) is 5.11 Å². The molecule has 1 aliphatic heterocycles. The molecule has 1 aliphatic rings. The summed E-state index contributed by atoms with van der Waals surface area (Å²) in [6.07, 6.45) is -0.152. The lowest BCUT2D eigenvalue weighted by Crippen LogP contribution is -2.54. The second kappa shape index (κ2) is 2.92. The Labute approximate surface area is 71.2 Å². The minimum atomic E-state index is -2.73. The van der Waals surface area contributed by atoms with Gasteiger partial charge in [-0.2, -0.15) is 0 Å². The lowest BCUT2D eigenvalue weighted by molar-refractivity contribution is -0.171. The minimum Gasteiger partial charge on any atom is -0.396 e. The summed E-state index contributed by atoms with van der Waals surface area (Å²) in [5.41, 5.74) is -1.26. The van der Waals surface area contributed by atoms with Crippen molar-refractivity contribution in [3.63, 3.8) is 0 Å². The Hall–Kier alpha value is -0.220. The maximum absolute atomic E-state index is 13.2. The van der Waals surface area contributed by atoms with Crippen LogP contribution in [0.2, 0.25) is 0 Å². The Morgan fingerprint density at radius 1 is 1.50 bits per heavy atom. The van der Waals surface area contributed by atoms with E-state index in [1.54, 1.807) is 7.05 Å². The number of hydrogen-bond acceptors (Lipinski definition) is 2. The van der Waals surface area contributed by atoms with Crippen LogP contribution >= 0.6 is 0 Å². The number of rotatable bonds is 1. The molecular weight excluding hydrogens is 164 g/mol. The number of aliphatic hydroxyl groups is 1. The third-order valence-electron chi connectivity index (χ3n) is 2.66. The van der Waals surface area contributed by atoms with Gasteiger partial charge in [0.1, 0.15) is 0 Å². The molecule has 1 rings (SSSR count). The molecule has 1 fully saturated rings. The Morgan fingerprint density at radius 2 is 2.08 bits per heavy atom. The van der Waals surface area contributed by atoms with E-state index in [0.29, 0.717) is 6.54 Å². The van der Waals surface area contributed by atoms with E-state index < -0.39 is 17.9 Å². The number of nitrogens with zero attached hydrogens (tertiary/aromatic N) is 1. The normalized spacial score (nSPS) is 36.8. The van der Waals surface area contributed by atoms with Crippen molar-refractivity contribution in [3.8, 4) is 0 Å². The summed E-state index contributed by atoms with van der Waals surface area (Å²) in [5, 5.41) is 8.90. The molecule has 0 unspecified atom stereocenters. The van der Waals surface area contributed by atoms with E-state index in [-0.39, 0.29) is 13.0 Å². The van der Waals surface area contributed by atoms with Crippen LogP contribution in [0, 0.1) is 5.41 Å². The first-order valence-electron chi connectivity index (χ1n) is 4.08. The van der Waals surface area contributed by atoms with E-state index >= 15 is 0 Å². The van der Waals surface area contributed by atoms with Gasteiger partial charge < -0.3 is 10.0 Å². The summed E-state index contributed by atoms with van der Waals surface area (Å²) in [4.78, 5) is 1.83. The number of alkyl halides is 2. The molecule has 0 radical (unpaired) electrons. The smallest absolute Gasteiger partial charge is 0.258 e. The summed E-state index contributed by atoms with van der Waals surface area (Å²) >= 11 is 0. The van der Waals surface area contributed by atoms with Gasteiger partial charge in [-0.05, 0) is 7.05 Å². The van der Waals surface area contributed by atoms with E-state index in [0.717, 1.165) is 0 Å². The number of halogens is 2. The zero-order valence-corrected chi connectivity index (χ0v) is 7.48. The highest BCUT2D eigenvalue weighted by molar-refractivity contribution is 4.94. The summed E-state index contributed by atoms with van der Waals surface area (Å²) in [6.45, 7) is 1.64. The van der Waals surface area contributed by atoms with Crippen LogP contribution in [0.3, 0.4) is 0 Å². The molecule has 0 amide bonds. The fourth-order valence-electron chi connectivity index (χ4n) is 1.59. The van der Waals surface area contributed by atoms with Crippen LogP contribution in [0.5, 0.6) is 0 Å². The number of aliphatic hydroxyl groups excluding tert-OH is 1. The monoisotopic (exact) mass is 179 g/mol. The van der Waals surface area contributed by atoms with E-state index in [9.17, 15) is 8.78 Å². The van der Waals surface area contributed by atoms with Crippen LogP contribution < -0.4 is 0 Å². The van der Waals surface area contributed by atoms with Gasteiger partial charge in [0.05, 0.1) is 12.0 Å². The Morgan fingerprint density at radius 3 is 2.50 bits per heavy atom. The summed E-state index contributed by atoms with van der Waals surface area (Å²) in [5.74, 6) is -2.73. The number of hydrogen-bond donors (Lipinski definition) is 1. The zero-order chi connectivity index (χ0) is 9.41. The minimum absolute atomic E-state index is 0.152. The summed E-state index contributed by atoms with van der Waals surface area (Å²) in [6, 6.07) is 0. The van der Waals surface area contributed by atoms with Crippen LogP contribution in [-0.2, 0) is 0 Å². The third kappa shape index (κ3) is 1.45. The topological polar surface area (TPSA) is 23.5 Å². The van der Waals surface area contributed by atoms with Gasteiger partial charge in [0.15, 0.2) is 0 Å². The standard InChI is InChI=1S/C8H15F2NO/c1-7(6-12)5-11(2)4-3-8(7,9)10/h12H,3-6H2,1-2H3/t7-/m0/s1. The molecule has 72 valence electrons. The predicted octanol–water partition coefficient (Wildman–Crippen LogP) is 0.956. The van der Waals surface area contributed by atoms with Gasteiger partial charge in [-0.25, -0.2) is 8.78 Å². The quantitative estimate of drug-likeness (QED) is 0.648. The van der Waals surface area contributed by atoms with Gasteiger partial charge in [-0.1, -0.05) is 6.92 Å². The van der Waals surface area contributed by atoms with Gasteiger partial charge in [0.25, 0.3) is 5.92 Å². The molecule has 0 bridgehead atoms. The van der Waals surface area contributed by atoms with Crippen LogP contribution in [0.4, 0.5) is 8.78 Å². The lowest BCUT2D eigenvalue weighted by atomic mass is 9.79. The van der Waals surface area contributed by atoms with Crippen molar-refractivity contribution in [1.82, 2.24) is 4.90 Å². The molecule has 0 aromatic rings. The van der Waals surface area contributed by atoms with Crippen LogP contribution in [0.1, 0.15) is 13.3 Å². The van der Waals surface area contributed by atoms with E-state index in [1.165, 1.54) is 6.92 Å². The molecule has 1 atom stereocenters. The lowest BCUT2D eigenvalue weighted by Gasteiger charge is -2.43. The molecule has 4 heteroatoms.